The van der Waals surface area contributed by atoms with E-state index in [0.717, 1.165) is 0 Å². The van der Waals surface area contributed by atoms with Gasteiger partial charge in [0.25, 0.3) is 0 Å². The number of carboxylic acids is 1. The summed E-state index contributed by atoms with van der Waals surface area (Å²) in [5.41, 5.74) is -0.610. The van der Waals surface area contributed by atoms with Crippen LogP contribution in [0.2, 0.25) is 0 Å². The van der Waals surface area contributed by atoms with Crippen LogP contribution in [0.3, 0.4) is 0 Å². The van der Waals surface area contributed by atoms with Crippen molar-refractivity contribution in [1.82, 2.24) is 14.7 Å². The molecule has 3 saturated heterocycles. The minimum absolute atomic E-state index is 0.235. The average Bonchev–Trinajstić information content (AvgIpc) is 3.46. The largest absolute Gasteiger partial charge is 0.480 e. The summed E-state index contributed by atoms with van der Waals surface area (Å²) in [5, 5.41) is 9.40. The fourth-order valence-corrected chi connectivity index (χ4v) is 4.57. The Morgan fingerprint density at radius 1 is 0.833 bits per heavy atom. The van der Waals surface area contributed by atoms with Gasteiger partial charge in [-0.1, -0.05) is 6.92 Å². The molecule has 0 aliphatic carbocycles. The van der Waals surface area contributed by atoms with E-state index in [1.54, 1.807) is 4.90 Å². The lowest BCUT2D eigenvalue weighted by atomic mass is 10.1. The molecule has 0 radical (unpaired) electrons. The fraction of sp³-hybridized carbons (Fsp3) is 0.810. The van der Waals surface area contributed by atoms with Gasteiger partial charge < -0.3 is 19.6 Å². The van der Waals surface area contributed by atoms with Crippen molar-refractivity contribution >= 4 is 23.9 Å². The molecule has 3 unspecified atom stereocenters. The van der Waals surface area contributed by atoms with E-state index in [-0.39, 0.29) is 11.8 Å². The zero-order valence-corrected chi connectivity index (χ0v) is 18.1. The Kier molecular flexibility index (Phi) is 6.57. The summed E-state index contributed by atoms with van der Waals surface area (Å²) in [6.45, 7) is 6.91. The van der Waals surface area contributed by atoms with Crippen LogP contribution in [-0.4, -0.2) is 87.0 Å². The van der Waals surface area contributed by atoms with Gasteiger partial charge >= 0.3 is 12.1 Å². The molecule has 9 heteroatoms. The van der Waals surface area contributed by atoms with Gasteiger partial charge in [0.1, 0.15) is 23.7 Å². The molecule has 30 heavy (non-hydrogen) atoms. The molecule has 0 aromatic rings. The third-order valence-electron chi connectivity index (χ3n) is 6.63. The standard InChI is InChI=1S/C21H33N3O6/c1-4-21(2,3)30-20(29)24-13-6-9-15(24)18(26)22-11-5-8-14(22)17(25)23-12-7-10-16(23)19(27)28/h14-16H,4-13H2,1-3H3,(H,27,28). The van der Waals surface area contributed by atoms with Crippen LogP contribution in [0.15, 0.2) is 0 Å². The van der Waals surface area contributed by atoms with Gasteiger partial charge in [-0.2, -0.15) is 0 Å². The van der Waals surface area contributed by atoms with Gasteiger partial charge in [-0.05, 0) is 58.8 Å². The molecule has 0 spiro atoms. The predicted molar refractivity (Wildman–Crippen MR) is 108 cm³/mol. The summed E-state index contributed by atoms with van der Waals surface area (Å²) in [5.74, 6) is -1.52. The molecule has 0 aromatic heterocycles. The molecular formula is C21H33N3O6. The van der Waals surface area contributed by atoms with Gasteiger partial charge in [-0.15, -0.1) is 0 Å². The Bertz CT molecular complexity index is 709. The lowest BCUT2D eigenvalue weighted by Gasteiger charge is -2.34. The van der Waals surface area contributed by atoms with Crippen LogP contribution >= 0.6 is 0 Å². The van der Waals surface area contributed by atoms with Crippen molar-refractivity contribution in [3.8, 4) is 0 Å². The molecule has 3 amide bonds. The smallest absolute Gasteiger partial charge is 0.410 e. The van der Waals surface area contributed by atoms with Gasteiger partial charge in [0.2, 0.25) is 11.8 Å². The Morgan fingerprint density at radius 3 is 1.77 bits per heavy atom. The van der Waals surface area contributed by atoms with Crippen molar-refractivity contribution in [2.24, 2.45) is 0 Å². The zero-order valence-electron chi connectivity index (χ0n) is 18.1. The lowest BCUT2D eigenvalue weighted by Crippen LogP contribution is -2.55. The summed E-state index contributed by atoms with van der Waals surface area (Å²) in [4.78, 5) is 55.0. The fourth-order valence-electron chi connectivity index (χ4n) is 4.57. The Labute approximate surface area is 177 Å². The maximum Gasteiger partial charge on any atom is 0.410 e. The first-order valence-corrected chi connectivity index (χ1v) is 11.0. The van der Waals surface area contributed by atoms with E-state index in [4.69, 9.17) is 4.74 Å². The van der Waals surface area contributed by atoms with Crippen LogP contribution in [0.25, 0.3) is 0 Å². The molecular weight excluding hydrogens is 390 g/mol. The molecule has 9 nitrogen and oxygen atoms in total. The number of hydrogen-bond donors (Lipinski definition) is 1. The highest BCUT2D eigenvalue weighted by Gasteiger charge is 2.46. The summed E-state index contributed by atoms with van der Waals surface area (Å²) in [6.07, 6.45) is 3.72. The van der Waals surface area contributed by atoms with E-state index in [1.165, 1.54) is 9.80 Å². The van der Waals surface area contributed by atoms with Crippen molar-refractivity contribution in [2.45, 2.75) is 89.4 Å². The van der Waals surface area contributed by atoms with Crippen molar-refractivity contribution in [2.75, 3.05) is 19.6 Å². The van der Waals surface area contributed by atoms with Crippen LogP contribution < -0.4 is 0 Å². The third-order valence-corrected chi connectivity index (χ3v) is 6.63. The molecule has 0 saturated carbocycles. The molecule has 3 fully saturated rings. The number of carbonyl (C=O) groups is 4. The van der Waals surface area contributed by atoms with Crippen molar-refractivity contribution in [3.63, 3.8) is 0 Å². The monoisotopic (exact) mass is 423 g/mol. The highest BCUT2D eigenvalue weighted by atomic mass is 16.6. The first-order valence-electron chi connectivity index (χ1n) is 11.0. The van der Waals surface area contributed by atoms with E-state index in [2.05, 4.69) is 0 Å². The van der Waals surface area contributed by atoms with Gasteiger partial charge in [-0.3, -0.25) is 14.5 Å². The van der Waals surface area contributed by atoms with Crippen LogP contribution in [0.4, 0.5) is 4.79 Å². The molecule has 1 N–H and O–H groups in total. The second-order valence-electron chi connectivity index (χ2n) is 9.05. The summed E-state index contributed by atoms with van der Waals surface area (Å²) >= 11 is 0. The van der Waals surface area contributed by atoms with Crippen molar-refractivity contribution < 1.29 is 29.0 Å². The normalized spacial score (nSPS) is 26.9. The molecule has 3 aliphatic rings. The molecule has 0 aromatic carbocycles. The molecule has 3 rings (SSSR count). The van der Waals surface area contributed by atoms with Gasteiger partial charge in [0, 0.05) is 19.6 Å². The topological polar surface area (TPSA) is 107 Å². The van der Waals surface area contributed by atoms with Crippen LogP contribution in [0.1, 0.15) is 65.7 Å². The number of likely N-dealkylation sites (tertiary alicyclic amines) is 3. The SMILES string of the molecule is CCC(C)(C)OC(=O)N1CCCC1C(=O)N1CCCC1C(=O)N1CCCC1C(=O)O. The number of carbonyl (C=O) groups excluding carboxylic acids is 3. The van der Waals surface area contributed by atoms with Gasteiger partial charge in [-0.25, -0.2) is 9.59 Å². The second kappa shape index (κ2) is 8.81. The average molecular weight is 424 g/mol. The molecule has 168 valence electrons. The Balaban J connectivity index is 1.71. The number of hydrogen-bond acceptors (Lipinski definition) is 5. The number of ether oxygens (including phenoxy) is 1. The molecule has 0 bridgehead atoms. The first kappa shape index (κ1) is 22.4. The summed E-state index contributed by atoms with van der Waals surface area (Å²) in [6, 6.07) is -2.10. The van der Waals surface area contributed by atoms with Crippen LogP contribution in [0, 0.1) is 0 Å². The van der Waals surface area contributed by atoms with Crippen molar-refractivity contribution in [1.29, 1.82) is 0 Å². The second-order valence-corrected chi connectivity index (χ2v) is 9.05. The van der Waals surface area contributed by atoms with E-state index < -0.39 is 35.8 Å². The van der Waals surface area contributed by atoms with Gasteiger partial charge in [0.05, 0.1) is 0 Å². The van der Waals surface area contributed by atoms with Crippen molar-refractivity contribution in [3.05, 3.63) is 0 Å². The maximum absolute atomic E-state index is 13.3. The van der Waals surface area contributed by atoms with E-state index in [0.29, 0.717) is 64.6 Å². The third kappa shape index (κ3) is 4.39. The van der Waals surface area contributed by atoms with Crippen LogP contribution in [-0.2, 0) is 19.1 Å². The number of nitrogens with zero attached hydrogens (tertiary/aromatic N) is 3. The zero-order chi connectivity index (χ0) is 22.1. The number of aliphatic carboxylic acids is 1. The Hall–Kier alpha value is -2.32. The highest BCUT2D eigenvalue weighted by molar-refractivity contribution is 5.93. The first-order chi connectivity index (χ1) is 14.2. The number of amides is 3. The van der Waals surface area contributed by atoms with E-state index in [1.807, 2.05) is 20.8 Å². The minimum Gasteiger partial charge on any atom is -0.480 e. The molecule has 3 atom stereocenters. The minimum atomic E-state index is -1.00. The number of rotatable bonds is 5. The van der Waals surface area contributed by atoms with Crippen LogP contribution in [0.5, 0.6) is 0 Å². The molecule has 3 heterocycles. The summed E-state index contributed by atoms with van der Waals surface area (Å²) in [7, 11) is 0. The molecule has 3 aliphatic heterocycles. The van der Waals surface area contributed by atoms with E-state index >= 15 is 0 Å². The van der Waals surface area contributed by atoms with Gasteiger partial charge in [0.15, 0.2) is 0 Å². The Morgan fingerprint density at radius 2 is 1.27 bits per heavy atom. The maximum atomic E-state index is 13.3. The van der Waals surface area contributed by atoms with E-state index in [9.17, 15) is 24.3 Å². The quantitative estimate of drug-likeness (QED) is 0.723. The number of carboxylic acid groups (broad SMARTS) is 1. The predicted octanol–water partition coefficient (Wildman–Crippen LogP) is 1.84. The lowest BCUT2D eigenvalue weighted by molar-refractivity contribution is -0.152. The summed E-state index contributed by atoms with van der Waals surface area (Å²) < 4.78 is 5.59. The highest BCUT2D eigenvalue weighted by Crippen LogP contribution is 2.29.